The lowest BCUT2D eigenvalue weighted by molar-refractivity contribution is 0.0653. The molecule has 3 aromatic rings. The Hall–Kier alpha value is -3.58. The standard InChI is InChI=1S/C20H14O6.H2O/c1-25-11-2-6-16-10(8-11)9-15-12-3-4-14(19(21)22)18(20(23)24)13(12)5-7-17(15)26-16;/h2-8H,9H2,1H3,(H,21,22)(H,23,24);1H2. The fourth-order valence-corrected chi connectivity index (χ4v) is 3.36. The highest BCUT2D eigenvalue weighted by Gasteiger charge is 2.24. The van der Waals surface area contributed by atoms with E-state index in [0.717, 1.165) is 16.9 Å². The number of fused-ring (bicyclic) bond motifs is 4. The van der Waals surface area contributed by atoms with Crippen LogP contribution in [0.25, 0.3) is 10.8 Å². The van der Waals surface area contributed by atoms with Gasteiger partial charge in [-0.15, -0.1) is 0 Å². The number of methoxy groups -OCH3 is 1. The molecule has 1 heterocycles. The SMILES string of the molecule is COc1ccc2c(c1)Cc1c(ccc3c(C(=O)O)c(C(=O)O)ccc13)O2.O. The number of ether oxygens (including phenoxy) is 2. The van der Waals surface area contributed by atoms with Gasteiger partial charge in [-0.1, -0.05) is 6.07 Å². The summed E-state index contributed by atoms with van der Waals surface area (Å²) in [6.07, 6.45) is 0.532. The van der Waals surface area contributed by atoms with Crippen LogP contribution in [0.1, 0.15) is 31.8 Å². The molecule has 0 bridgehead atoms. The summed E-state index contributed by atoms with van der Waals surface area (Å²) < 4.78 is 11.2. The van der Waals surface area contributed by atoms with Crippen LogP contribution in [0, 0.1) is 0 Å². The lowest BCUT2D eigenvalue weighted by Gasteiger charge is -2.22. The first kappa shape index (κ1) is 18.2. The van der Waals surface area contributed by atoms with Crippen LogP contribution in [0.15, 0.2) is 42.5 Å². The van der Waals surface area contributed by atoms with Crippen molar-refractivity contribution in [2.45, 2.75) is 6.42 Å². The van der Waals surface area contributed by atoms with E-state index in [1.807, 2.05) is 18.2 Å². The Morgan fingerprint density at radius 1 is 0.963 bits per heavy atom. The molecular formula is C20H16O7. The highest BCUT2D eigenvalue weighted by molar-refractivity contribution is 6.12. The maximum Gasteiger partial charge on any atom is 0.337 e. The molecule has 1 aliphatic rings. The first-order valence-electron chi connectivity index (χ1n) is 7.89. The Bertz CT molecular complexity index is 1090. The minimum Gasteiger partial charge on any atom is -0.497 e. The largest absolute Gasteiger partial charge is 0.497 e. The quantitative estimate of drug-likeness (QED) is 0.572. The highest BCUT2D eigenvalue weighted by atomic mass is 16.5. The Kier molecular flexibility index (Phi) is 4.47. The topological polar surface area (TPSA) is 125 Å². The van der Waals surface area contributed by atoms with Crippen LogP contribution in [-0.4, -0.2) is 34.7 Å². The monoisotopic (exact) mass is 368 g/mol. The van der Waals surface area contributed by atoms with E-state index < -0.39 is 11.9 Å². The lowest BCUT2D eigenvalue weighted by Crippen LogP contribution is -2.10. The number of hydrogen-bond donors (Lipinski definition) is 2. The zero-order valence-electron chi connectivity index (χ0n) is 14.3. The van der Waals surface area contributed by atoms with E-state index in [4.69, 9.17) is 9.47 Å². The molecule has 0 spiro atoms. The third-order valence-corrected chi connectivity index (χ3v) is 4.57. The molecule has 0 atom stereocenters. The fourth-order valence-electron chi connectivity index (χ4n) is 3.36. The minimum atomic E-state index is -1.27. The van der Waals surface area contributed by atoms with Gasteiger partial charge in [0, 0.05) is 17.5 Å². The summed E-state index contributed by atoms with van der Waals surface area (Å²) in [6.45, 7) is 0. The van der Waals surface area contributed by atoms with Crippen LogP contribution in [0.5, 0.6) is 17.2 Å². The van der Waals surface area contributed by atoms with Gasteiger partial charge in [-0.3, -0.25) is 0 Å². The van der Waals surface area contributed by atoms with E-state index in [1.165, 1.54) is 6.07 Å². The Morgan fingerprint density at radius 3 is 2.33 bits per heavy atom. The average Bonchev–Trinajstić information content (AvgIpc) is 2.64. The zero-order valence-corrected chi connectivity index (χ0v) is 14.3. The van der Waals surface area contributed by atoms with Crippen molar-refractivity contribution in [2.75, 3.05) is 7.11 Å². The number of carboxylic acids is 2. The fraction of sp³-hybridized carbons (Fsp3) is 0.100. The normalized spacial score (nSPS) is 11.6. The van der Waals surface area contributed by atoms with E-state index >= 15 is 0 Å². The molecule has 0 saturated carbocycles. The van der Waals surface area contributed by atoms with Gasteiger partial charge in [0.05, 0.1) is 18.2 Å². The number of rotatable bonds is 3. The summed E-state index contributed by atoms with van der Waals surface area (Å²) in [5, 5.41) is 19.9. The van der Waals surface area contributed by atoms with Crippen molar-refractivity contribution >= 4 is 22.7 Å². The summed E-state index contributed by atoms with van der Waals surface area (Å²) >= 11 is 0. The second-order valence-corrected chi connectivity index (χ2v) is 5.99. The smallest absolute Gasteiger partial charge is 0.337 e. The average molecular weight is 368 g/mol. The minimum absolute atomic E-state index is 0. The van der Waals surface area contributed by atoms with Crippen molar-refractivity contribution in [3.63, 3.8) is 0 Å². The Balaban J connectivity index is 0.00000210. The predicted molar refractivity (Wildman–Crippen MR) is 97.4 cm³/mol. The zero-order chi connectivity index (χ0) is 18.4. The second kappa shape index (κ2) is 6.62. The Morgan fingerprint density at radius 2 is 1.67 bits per heavy atom. The van der Waals surface area contributed by atoms with Gasteiger partial charge in [0.2, 0.25) is 0 Å². The Labute approximate surface area is 153 Å². The molecule has 0 unspecified atom stereocenters. The maximum absolute atomic E-state index is 11.7. The van der Waals surface area contributed by atoms with E-state index in [1.54, 1.807) is 25.3 Å². The van der Waals surface area contributed by atoms with Crippen LogP contribution in [0.4, 0.5) is 0 Å². The molecular weight excluding hydrogens is 352 g/mol. The number of benzene rings is 3. The van der Waals surface area contributed by atoms with Gasteiger partial charge in [-0.25, -0.2) is 9.59 Å². The maximum atomic E-state index is 11.7. The molecule has 27 heavy (non-hydrogen) atoms. The highest BCUT2D eigenvalue weighted by Crippen LogP contribution is 2.42. The molecule has 0 aliphatic carbocycles. The molecule has 138 valence electrons. The van der Waals surface area contributed by atoms with Crippen molar-refractivity contribution in [3.05, 3.63) is 64.7 Å². The number of carbonyl (C=O) groups is 2. The molecule has 4 rings (SSSR count). The first-order chi connectivity index (χ1) is 12.5. The first-order valence-corrected chi connectivity index (χ1v) is 7.89. The third kappa shape index (κ3) is 2.84. The summed E-state index contributed by atoms with van der Waals surface area (Å²) in [7, 11) is 1.58. The van der Waals surface area contributed by atoms with Gasteiger partial charge in [-0.05, 0) is 47.2 Å². The van der Waals surface area contributed by atoms with Gasteiger partial charge in [0.25, 0.3) is 0 Å². The third-order valence-electron chi connectivity index (χ3n) is 4.57. The summed E-state index contributed by atoms with van der Waals surface area (Å²) in [6, 6.07) is 11.8. The van der Waals surface area contributed by atoms with E-state index in [0.29, 0.717) is 28.7 Å². The van der Waals surface area contributed by atoms with Gasteiger partial charge < -0.3 is 25.2 Å². The van der Waals surface area contributed by atoms with Crippen LogP contribution in [-0.2, 0) is 6.42 Å². The molecule has 0 saturated heterocycles. The van der Waals surface area contributed by atoms with Crippen molar-refractivity contribution in [2.24, 2.45) is 0 Å². The van der Waals surface area contributed by atoms with Gasteiger partial charge >= 0.3 is 11.9 Å². The lowest BCUT2D eigenvalue weighted by atomic mass is 9.91. The molecule has 3 aromatic carbocycles. The molecule has 7 nitrogen and oxygen atoms in total. The van der Waals surface area contributed by atoms with Crippen molar-refractivity contribution in [3.8, 4) is 17.2 Å². The molecule has 4 N–H and O–H groups in total. The van der Waals surface area contributed by atoms with Crippen LogP contribution < -0.4 is 9.47 Å². The number of aromatic carboxylic acids is 2. The summed E-state index contributed by atoms with van der Waals surface area (Å²) in [5.41, 5.74) is 1.30. The molecule has 7 heteroatoms. The van der Waals surface area contributed by atoms with Crippen molar-refractivity contribution < 1.29 is 34.8 Å². The van der Waals surface area contributed by atoms with Gasteiger partial charge in [-0.2, -0.15) is 0 Å². The summed E-state index contributed by atoms with van der Waals surface area (Å²) in [4.78, 5) is 23.1. The van der Waals surface area contributed by atoms with Crippen LogP contribution in [0.2, 0.25) is 0 Å². The molecule has 0 radical (unpaired) electrons. The van der Waals surface area contributed by atoms with Gasteiger partial charge in [0.1, 0.15) is 17.2 Å². The number of carboxylic acid groups (broad SMARTS) is 2. The van der Waals surface area contributed by atoms with Crippen molar-refractivity contribution in [1.29, 1.82) is 0 Å². The molecule has 1 aliphatic heterocycles. The van der Waals surface area contributed by atoms with E-state index in [9.17, 15) is 19.8 Å². The molecule has 0 fully saturated rings. The van der Waals surface area contributed by atoms with E-state index in [2.05, 4.69) is 0 Å². The second-order valence-electron chi connectivity index (χ2n) is 5.99. The predicted octanol–water partition coefficient (Wildman–Crippen LogP) is 3.12. The number of hydrogen-bond acceptors (Lipinski definition) is 4. The van der Waals surface area contributed by atoms with Crippen LogP contribution >= 0.6 is 0 Å². The van der Waals surface area contributed by atoms with Crippen LogP contribution in [0.3, 0.4) is 0 Å². The molecule has 0 amide bonds. The molecule has 0 aromatic heterocycles. The van der Waals surface area contributed by atoms with Crippen molar-refractivity contribution in [1.82, 2.24) is 0 Å². The summed E-state index contributed by atoms with van der Waals surface area (Å²) in [5.74, 6) is -0.483. The van der Waals surface area contributed by atoms with Gasteiger partial charge in [0.15, 0.2) is 0 Å². The van der Waals surface area contributed by atoms with E-state index in [-0.39, 0.29) is 16.6 Å².